The normalized spacial score (nSPS) is 11.8. The molecule has 0 aliphatic carbocycles. The summed E-state index contributed by atoms with van der Waals surface area (Å²) in [7, 11) is 0. The molecule has 0 aliphatic heterocycles. The second-order valence-corrected chi connectivity index (χ2v) is 5.16. The molecular weight excluding hydrogens is 325 g/mol. The lowest BCUT2D eigenvalue weighted by atomic mass is 10.2. The van der Waals surface area contributed by atoms with Gasteiger partial charge in [0.25, 0.3) is 5.69 Å². The van der Waals surface area contributed by atoms with Crippen LogP contribution in [-0.4, -0.2) is 10.8 Å². The average Bonchev–Trinajstić information content (AvgIpc) is 2.48. The molecule has 0 heterocycles. The summed E-state index contributed by atoms with van der Waals surface area (Å²) in [5.41, 5.74) is 6.90. The Morgan fingerprint density at radius 1 is 1.18 bits per heavy atom. The third-order valence-corrected chi connectivity index (χ3v) is 3.27. The lowest BCUT2D eigenvalue weighted by molar-refractivity contribution is -0.384. The highest BCUT2D eigenvalue weighted by molar-refractivity contribution is 6.32. The molecule has 0 radical (unpaired) electrons. The number of rotatable bonds is 4. The molecule has 2 rings (SSSR count). The van der Waals surface area contributed by atoms with Crippen LogP contribution in [0.25, 0.3) is 6.08 Å². The quantitative estimate of drug-likeness (QED) is 0.383. The Morgan fingerprint density at radius 2 is 1.86 bits per heavy atom. The maximum absolute atomic E-state index is 10.8. The van der Waals surface area contributed by atoms with E-state index in [2.05, 4.69) is 4.99 Å². The van der Waals surface area contributed by atoms with Gasteiger partial charge in [-0.1, -0.05) is 35.3 Å². The molecule has 2 aromatic carbocycles. The van der Waals surface area contributed by atoms with E-state index in [-0.39, 0.29) is 16.5 Å². The minimum Gasteiger partial charge on any atom is -0.384 e. The molecule has 0 fully saturated rings. The summed E-state index contributed by atoms with van der Waals surface area (Å²) in [6.07, 6.45) is 3.18. The van der Waals surface area contributed by atoms with Gasteiger partial charge in [-0.05, 0) is 42.0 Å². The van der Waals surface area contributed by atoms with Crippen LogP contribution in [0.1, 0.15) is 5.56 Å². The number of nitro benzene ring substituents is 1. The zero-order valence-electron chi connectivity index (χ0n) is 11.2. The van der Waals surface area contributed by atoms with Crippen LogP contribution in [0.5, 0.6) is 0 Å². The van der Waals surface area contributed by atoms with Gasteiger partial charge >= 0.3 is 0 Å². The molecule has 0 atom stereocenters. The number of hydrogen-bond donors (Lipinski definition) is 1. The van der Waals surface area contributed by atoms with Crippen molar-refractivity contribution in [1.82, 2.24) is 0 Å². The number of aliphatic imine (C=N–C) groups is 1. The van der Waals surface area contributed by atoms with E-state index >= 15 is 0 Å². The van der Waals surface area contributed by atoms with Crippen molar-refractivity contribution >= 4 is 46.5 Å². The molecule has 0 bridgehead atoms. The van der Waals surface area contributed by atoms with Gasteiger partial charge < -0.3 is 5.73 Å². The van der Waals surface area contributed by atoms with Gasteiger partial charge in [0, 0.05) is 11.1 Å². The van der Waals surface area contributed by atoms with Gasteiger partial charge in [-0.2, -0.15) is 0 Å². The molecule has 0 spiro atoms. The Kier molecular flexibility index (Phi) is 5.14. The van der Waals surface area contributed by atoms with E-state index in [1.165, 1.54) is 12.1 Å². The zero-order chi connectivity index (χ0) is 16.1. The second-order valence-electron chi connectivity index (χ2n) is 4.31. The molecular formula is C15H11Cl2N3O2. The average molecular weight is 336 g/mol. The van der Waals surface area contributed by atoms with Crippen molar-refractivity contribution in [2.75, 3.05) is 0 Å². The molecule has 0 amide bonds. The number of hydrogen-bond acceptors (Lipinski definition) is 3. The van der Waals surface area contributed by atoms with E-state index in [1.54, 1.807) is 42.5 Å². The molecule has 22 heavy (non-hydrogen) atoms. The maximum atomic E-state index is 10.8. The molecule has 0 aliphatic rings. The SMILES string of the molecule is NC(C=Cc1ccc(Cl)c([N+](=O)[O-])c1)=Nc1ccc(Cl)cc1. The lowest BCUT2D eigenvalue weighted by Crippen LogP contribution is -2.06. The Hall–Kier alpha value is -2.37. The van der Waals surface area contributed by atoms with Crippen molar-refractivity contribution in [1.29, 1.82) is 0 Å². The van der Waals surface area contributed by atoms with Crippen LogP contribution in [0.15, 0.2) is 53.5 Å². The summed E-state index contributed by atoms with van der Waals surface area (Å²) >= 11 is 11.5. The van der Waals surface area contributed by atoms with Crippen molar-refractivity contribution in [3.63, 3.8) is 0 Å². The molecule has 5 nitrogen and oxygen atoms in total. The molecule has 7 heteroatoms. The van der Waals surface area contributed by atoms with Gasteiger partial charge in [0.1, 0.15) is 10.9 Å². The summed E-state index contributed by atoms with van der Waals surface area (Å²) in [6.45, 7) is 0. The maximum Gasteiger partial charge on any atom is 0.288 e. The van der Waals surface area contributed by atoms with Crippen molar-refractivity contribution in [2.45, 2.75) is 0 Å². The third-order valence-electron chi connectivity index (χ3n) is 2.70. The second kappa shape index (κ2) is 7.06. The van der Waals surface area contributed by atoms with E-state index in [1.807, 2.05) is 0 Å². The number of halogens is 2. The van der Waals surface area contributed by atoms with E-state index in [0.717, 1.165) is 0 Å². The monoisotopic (exact) mass is 335 g/mol. The van der Waals surface area contributed by atoms with Crippen molar-refractivity contribution in [3.8, 4) is 0 Å². The number of nitrogens with two attached hydrogens (primary N) is 1. The highest BCUT2D eigenvalue weighted by Crippen LogP contribution is 2.25. The topological polar surface area (TPSA) is 81.5 Å². The molecule has 2 N–H and O–H groups in total. The fourth-order valence-electron chi connectivity index (χ4n) is 1.66. The zero-order valence-corrected chi connectivity index (χ0v) is 12.8. The van der Waals surface area contributed by atoms with Gasteiger partial charge in [0.15, 0.2) is 0 Å². The van der Waals surface area contributed by atoms with Crippen LogP contribution in [0.2, 0.25) is 10.0 Å². The highest BCUT2D eigenvalue weighted by atomic mass is 35.5. The van der Waals surface area contributed by atoms with Gasteiger partial charge in [-0.25, -0.2) is 4.99 Å². The number of nitro groups is 1. The van der Waals surface area contributed by atoms with E-state index < -0.39 is 4.92 Å². The smallest absolute Gasteiger partial charge is 0.288 e. The first kappa shape index (κ1) is 16.0. The number of benzene rings is 2. The Balaban J connectivity index is 2.19. The van der Waals surface area contributed by atoms with Crippen LogP contribution >= 0.6 is 23.2 Å². The number of nitrogens with zero attached hydrogens (tertiary/aromatic N) is 2. The molecule has 0 saturated heterocycles. The standard InChI is InChI=1S/C15H11Cl2N3O2/c16-11-3-5-12(6-4-11)19-15(18)8-2-10-1-7-13(17)14(9-10)20(21)22/h1-9H,(H2,18,19). The molecule has 0 unspecified atom stereocenters. The first-order chi connectivity index (χ1) is 10.5. The van der Waals surface area contributed by atoms with Crippen molar-refractivity contribution in [2.24, 2.45) is 10.7 Å². The lowest BCUT2D eigenvalue weighted by Gasteiger charge is -1.98. The molecule has 2 aromatic rings. The largest absolute Gasteiger partial charge is 0.384 e. The first-order valence-corrected chi connectivity index (χ1v) is 6.93. The van der Waals surface area contributed by atoms with Crippen molar-refractivity contribution < 1.29 is 4.92 Å². The Morgan fingerprint density at radius 3 is 2.50 bits per heavy atom. The van der Waals surface area contributed by atoms with E-state index in [4.69, 9.17) is 28.9 Å². The van der Waals surface area contributed by atoms with E-state index in [9.17, 15) is 10.1 Å². The van der Waals surface area contributed by atoms with E-state index in [0.29, 0.717) is 16.3 Å². The summed E-state index contributed by atoms with van der Waals surface area (Å²) in [4.78, 5) is 14.5. The Bertz CT molecular complexity index is 756. The van der Waals surface area contributed by atoms with Crippen LogP contribution < -0.4 is 5.73 Å². The minimum atomic E-state index is -0.537. The fraction of sp³-hybridized carbons (Fsp3) is 0. The summed E-state index contributed by atoms with van der Waals surface area (Å²) in [5, 5.41) is 11.5. The highest BCUT2D eigenvalue weighted by Gasteiger charge is 2.11. The van der Waals surface area contributed by atoms with Gasteiger partial charge in [-0.15, -0.1) is 0 Å². The first-order valence-electron chi connectivity index (χ1n) is 6.17. The Labute approximate surface area is 136 Å². The summed E-state index contributed by atoms with van der Waals surface area (Å²) in [5.74, 6) is 0.264. The third kappa shape index (κ3) is 4.31. The molecule has 112 valence electrons. The van der Waals surface area contributed by atoms with Gasteiger partial charge in [0.05, 0.1) is 10.6 Å². The van der Waals surface area contributed by atoms with Crippen LogP contribution in [0, 0.1) is 10.1 Å². The van der Waals surface area contributed by atoms with Gasteiger partial charge in [-0.3, -0.25) is 10.1 Å². The van der Waals surface area contributed by atoms with Gasteiger partial charge in [0.2, 0.25) is 0 Å². The van der Waals surface area contributed by atoms with Crippen LogP contribution in [-0.2, 0) is 0 Å². The molecule has 0 aromatic heterocycles. The van der Waals surface area contributed by atoms with Crippen molar-refractivity contribution in [3.05, 3.63) is 74.3 Å². The van der Waals surface area contributed by atoms with Crippen LogP contribution in [0.3, 0.4) is 0 Å². The summed E-state index contributed by atoms with van der Waals surface area (Å²) < 4.78 is 0. The minimum absolute atomic E-state index is 0.0879. The fourth-order valence-corrected chi connectivity index (χ4v) is 1.97. The molecule has 0 saturated carbocycles. The number of amidine groups is 1. The predicted molar refractivity (Wildman–Crippen MR) is 89.9 cm³/mol. The summed E-state index contributed by atoms with van der Waals surface area (Å²) in [6, 6.07) is 11.4. The van der Waals surface area contributed by atoms with Crippen LogP contribution in [0.4, 0.5) is 11.4 Å². The predicted octanol–water partition coefficient (Wildman–Crippen LogP) is 4.60.